The van der Waals surface area contributed by atoms with Crippen LogP contribution < -0.4 is 0 Å². The van der Waals surface area contributed by atoms with Gasteiger partial charge >= 0.3 is 39.5 Å². The minimum Gasteiger partial charge on any atom is -0.462 e. The molecule has 19 heteroatoms. The fraction of sp³-hybridized carbons (Fsp3) is 0.951. The predicted molar refractivity (Wildman–Crippen MR) is 414 cm³/mol. The number of phosphoric ester groups is 2. The number of hydrogen-bond donors (Lipinski definition) is 3. The van der Waals surface area contributed by atoms with Crippen LogP contribution in [-0.2, 0) is 65.4 Å². The molecule has 0 spiro atoms. The van der Waals surface area contributed by atoms with Crippen molar-refractivity contribution in [3.63, 3.8) is 0 Å². The first kappa shape index (κ1) is 99.1. The quantitative estimate of drug-likeness (QED) is 0.0222. The molecule has 3 unspecified atom stereocenters. The first-order valence-corrected chi connectivity index (χ1v) is 45.5. The summed E-state index contributed by atoms with van der Waals surface area (Å²) in [6.07, 6.45) is 64.0. The van der Waals surface area contributed by atoms with Gasteiger partial charge in [-0.05, 0) is 37.5 Å². The minimum absolute atomic E-state index is 0.106. The Bertz CT molecular complexity index is 1940. The SMILES string of the molecule is CCCCCCCCCCCCCCCCCCCCCCCCC(=O)O[C@H](COC(=O)CCCCCCCCCCCCCCCCCC(C)C)COP(=O)(O)OC[C@@H](O)COP(=O)(O)OC[C@@H](COC(=O)CCCCCCCCC(C)CC)OC(=O)CCCCCCCCCCCCC. The Kier molecular flexibility index (Phi) is 72.2. The maximum atomic E-state index is 13.1. The summed E-state index contributed by atoms with van der Waals surface area (Å²) in [5.74, 6) is -0.572. The van der Waals surface area contributed by atoms with Crippen LogP contribution in [0.3, 0.4) is 0 Å². The Morgan fingerprint density at radius 3 is 0.752 bits per heavy atom. The van der Waals surface area contributed by atoms with E-state index in [0.717, 1.165) is 108 Å². The zero-order valence-electron chi connectivity index (χ0n) is 66.2. The van der Waals surface area contributed by atoms with E-state index in [-0.39, 0.29) is 25.7 Å². The Labute approximate surface area is 619 Å². The Morgan fingerprint density at radius 2 is 0.505 bits per heavy atom. The van der Waals surface area contributed by atoms with Crippen molar-refractivity contribution in [2.24, 2.45) is 11.8 Å². The number of carbonyl (C=O) groups excluding carboxylic acids is 4. The topological polar surface area (TPSA) is 237 Å². The van der Waals surface area contributed by atoms with Gasteiger partial charge in [-0.1, -0.05) is 382 Å². The smallest absolute Gasteiger partial charge is 0.462 e. The maximum Gasteiger partial charge on any atom is 0.472 e. The lowest BCUT2D eigenvalue weighted by Gasteiger charge is -2.21. The molecule has 0 aromatic carbocycles. The van der Waals surface area contributed by atoms with Crippen molar-refractivity contribution in [3.8, 4) is 0 Å². The van der Waals surface area contributed by atoms with Crippen molar-refractivity contribution in [3.05, 3.63) is 0 Å². The Balaban J connectivity index is 5.20. The third-order valence-corrected chi connectivity index (χ3v) is 21.5. The normalized spacial score (nSPS) is 14.2. The van der Waals surface area contributed by atoms with Crippen molar-refractivity contribution in [1.82, 2.24) is 0 Å². The zero-order valence-corrected chi connectivity index (χ0v) is 68.0. The summed E-state index contributed by atoms with van der Waals surface area (Å²) in [7, 11) is -9.92. The number of aliphatic hydroxyl groups excluding tert-OH is 1. The van der Waals surface area contributed by atoms with Crippen molar-refractivity contribution in [2.75, 3.05) is 39.6 Å². The van der Waals surface area contributed by atoms with Gasteiger partial charge in [0.15, 0.2) is 12.2 Å². The molecule has 0 aromatic rings. The van der Waals surface area contributed by atoms with Crippen LogP contribution in [0.25, 0.3) is 0 Å². The molecule has 0 fully saturated rings. The molecule has 0 saturated heterocycles. The van der Waals surface area contributed by atoms with Gasteiger partial charge in [-0.15, -0.1) is 0 Å². The molecule has 0 aromatic heterocycles. The molecular formula is C82H160O17P2. The van der Waals surface area contributed by atoms with E-state index < -0.39 is 97.5 Å². The van der Waals surface area contributed by atoms with E-state index in [1.165, 1.54) is 244 Å². The number of unbranched alkanes of at least 4 members (excludes halogenated alkanes) is 50. The molecule has 6 atom stereocenters. The van der Waals surface area contributed by atoms with Gasteiger partial charge in [0.25, 0.3) is 0 Å². The Hall–Kier alpha value is -1.94. The van der Waals surface area contributed by atoms with Crippen molar-refractivity contribution >= 4 is 39.5 Å². The molecule has 0 amide bonds. The number of aliphatic hydroxyl groups is 1. The van der Waals surface area contributed by atoms with Crippen LogP contribution in [0, 0.1) is 11.8 Å². The molecule has 0 rings (SSSR count). The summed E-state index contributed by atoms with van der Waals surface area (Å²) in [5, 5.41) is 10.6. The molecule has 0 aliphatic carbocycles. The fourth-order valence-corrected chi connectivity index (χ4v) is 14.3. The molecule has 0 bridgehead atoms. The molecule has 101 heavy (non-hydrogen) atoms. The lowest BCUT2D eigenvalue weighted by atomic mass is 10.00. The van der Waals surface area contributed by atoms with E-state index in [2.05, 4.69) is 41.5 Å². The summed E-state index contributed by atoms with van der Waals surface area (Å²) in [6, 6.07) is 0. The monoisotopic (exact) mass is 1480 g/mol. The summed E-state index contributed by atoms with van der Waals surface area (Å²) in [6.45, 7) is 9.62. The standard InChI is InChI=1S/C82H160O17P2/c1-7-10-12-14-16-18-20-21-22-23-24-25-26-27-28-31-35-39-43-47-55-61-67-82(87)98-77(70-92-79(84)64-58-52-45-41-38-34-32-29-30-33-37-40-44-50-56-62-74(4)5)72-96-100(88,89)94-68-76(83)69-95-101(90,91)97-73-78(71-93-80(85)65-59-53-49-48-51-57-63-75(6)9-3)99-81(86)66-60-54-46-42-36-19-17-15-13-11-8-2/h74-78,83H,7-73H2,1-6H3,(H,88,89)(H,90,91)/t75?,76-,77-,78-/m1/s1. The average Bonchev–Trinajstić information content (AvgIpc) is 0.923. The van der Waals surface area contributed by atoms with Gasteiger partial charge in [-0.3, -0.25) is 37.3 Å². The molecule has 17 nitrogen and oxygen atoms in total. The molecule has 0 heterocycles. The van der Waals surface area contributed by atoms with Gasteiger partial charge in [-0.2, -0.15) is 0 Å². The van der Waals surface area contributed by atoms with Crippen LogP contribution in [0.1, 0.15) is 433 Å². The van der Waals surface area contributed by atoms with Gasteiger partial charge in [0, 0.05) is 25.7 Å². The van der Waals surface area contributed by atoms with Crippen LogP contribution in [0.2, 0.25) is 0 Å². The van der Waals surface area contributed by atoms with E-state index in [9.17, 15) is 43.2 Å². The van der Waals surface area contributed by atoms with Gasteiger partial charge in [0.2, 0.25) is 0 Å². The second-order valence-corrected chi connectivity index (χ2v) is 33.1. The van der Waals surface area contributed by atoms with Crippen LogP contribution in [0.5, 0.6) is 0 Å². The molecule has 3 N–H and O–H groups in total. The fourth-order valence-electron chi connectivity index (χ4n) is 12.7. The second-order valence-electron chi connectivity index (χ2n) is 30.2. The highest BCUT2D eigenvalue weighted by atomic mass is 31.2. The molecule has 0 aliphatic rings. The van der Waals surface area contributed by atoms with Crippen LogP contribution in [-0.4, -0.2) is 96.7 Å². The maximum absolute atomic E-state index is 13.1. The molecular weight excluding hydrogens is 1320 g/mol. The van der Waals surface area contributed by atoms with Gasteiger partial charge < -0.3 is 33.8 Å². The van der Waals surface area contributed by atoms with Gasteiger partial charge in [0.05, 0.1) is 26.4 Å². The first-order valence-electron chi connectivity index (χ1n) is 42.5. The number of carbonyl (C=O) groups is 4. The number of phosphoric acid groups is 2. The first-order chi connectivity index (χ1) is 48.9. The minimum atomic E-state index is -4.96. The third-order valence-electron chi connectivity index (χ3n) is 19.6. The van der Waals surface area contributed by atoms with E-state index in [1.807, 2.05) is 0 Å². The van der Waals surface area contributed by atoms with Crippen LogP contribution >= 0.6 is 15.6 Å². The van der Waals surface area contributed by atoms with E-state index in [1.54, 1.807) is 0 Å². The van der Waals surface area contributed by atoms with Crippen LogP contribution in [0.4, 0.5) is 0 Å². The highest BCUT2D eigenvalue weighted by molar-refractivity contribution is 7.47. The summed E-state index contributed by atoms with van der Waals surface area (Å²) in [4.78, 5) is 73.0. The number of rotatable bonds is 81. The zero-order chi connectivity index (χ0) is 74.2. The van der Waals surface area contributed by atoms with E-state index in [4.69, 9.17) is 37.0 Å². The van der Waals surface area contributed by atoms with Crippen LogP contribution in [0.15, 0.2) is 0 Å². The lowest BCUT2D eigenvalue weighted by molar-refractivity contribution is -0.161. The highest BCUT2D eigenvalue weighted by Crippen LogP contribution is 2.45. The third kappa shape index (κ3) is 74.7. The van der Waals surface area contributed by atoms with Gasteiger partial charge in [-0.25, -0.2) is 9.13 Å². The number of ether oxygens (including phenoxy) is 4. The van der Waals surface area contributed by atoms with Crippen molar-refractivity contribution in [2.45, 2.75) is 452 Å². The number of hydrogen-bond acceptors (Lipinski definition) is 15. The van der Waals surface area contributed by atoms with Crippen molar-refractivity contribution < 1.29 is 80.2 Å². The number of esters is 4. The van der Waals surface area contributed by atoms with Gasteiger partial charge in [0.1, 0.15) is 19.3 Å². The summed E-state index contributed by atoms with van der Waals surface area (Å²) < 4.78 is 68.7. The summed E-state index contributed by atoms with van der Waals surface area (Å²) in [5.41, 5.74) is 0. The second kappa shape index (κ2) is 73.6. The van der Waals surface area contributed by atoms with Crippen molar-refractivity contribution in [1.29, 1.82) is 0 Å². The predicted octanol–water partition coefficient (Wildman–Crippen LogP) is 24.7. The van der Waals surface area contributed by atoms with E-state index in [0.29, 0.717) is 25.7 Å². The molecule has 0 aliphatic heterocycles. The Morgan fingerprint density at radius 1 is 0.287 bits per heavy atom. The molecule has 600 valence electrons. The van der Waals surface area contributed by atoms with E-state index >= 15 is 0 Å². The average molecular weight is 1480 g/mol. The largest absolute Gasteiger partial charge is 0.472 e. The molecule has 0 saturated carbocycles. The lowest BCUT2D eigenvalue weighted by Crippen LogP contribution is -2.30. The summed E-state index contributed by atoms with van der Waals surface area (Å²) >= 11 is 0. The molecule has 0 radical (unpaired) electrons. The highest BCUT2D eigenvalue weighted by Gasteiger charge is 2.30.